The SMILES string of the molecule is C=C/C(N)=C(\C=C)NCC=O. The van der Waals surface area contributed by atoms with Crippen molar-refractivity contribution in [2.24, 2.45) is 5.73 Å². The molecule has 3 nitrogen and oxygen atoms in total. The van der Waals surface area contributed by atoms with Crippen molar-refractivity contribution in [3.05, 3.63) is 36.7 Å². The summed E-state index contributed by atoms with van der Waals surface area (Å²) in [6.45, 7) is 7.23. The van der Waals surface area contributed by atoms with Crippen LogP contribution in [0.4, 0.5) is 0 Å². The lowest BCUT2D eigenvalue weighted by Crippen LogP contribution is -2.18. The summed E-state index contributed by atoms with van der Waals surface area (Å²) in [5.74, 6) is 0. The minimum atomic E-state index is 0.232. The molecule has 0 bridgehead atoms. The van der Waals surface area contributed by atoms with Crippen LogP contribution in [0, 0.1) is 0 Å². The zero-order valence-electron chi connectivity index (χ0n) is 6.34. The fourth-order valence-electron chi connectivity index (χ4n) is 0.554. The summed E-state index contributed by atoms with van der Waals surface area (Å²) in [5.41, 5.74) is 6.60. The first-order chi connectivity index (χ1) is 5.26. The first-order valence-corrected chi connectivity index (χ1v) is 3.18. The monoisotopic (exact) mass is 152 g/mol. The number of nitrogens with one attached hydrogen (secondary N) is 1. The highest BCUT2D eigenvalue weighted by Crippen LogP contribution is 1.95. The highest BCUT2D eigenvalue weighted by Gasteiger charge is 1.92. The van der Waals surface area contributed by atoms with Crippen molar-refractivity contribution in [1.29, 1.82) is 0 Å². The summed E-state index contributed by atoms with van der Waals surface area (Å²) >= 11 is 0. The fourth-order valence-corrected chi connectivity index (χ4v) is 0.554. The van der Waals surface area contributed by atoms with Crippen molar-refractivity contribution >= 4 is 6.29 Å². The predicted molar refractivity (Wildman–Crippen MR) is 45.7 cm³/mol. The third-order valence-corrected chi connectivity index (χ3v) is 1.11. The number of aldehydes is 1. The van der Waals surface area contributed by atoms with E-state index in [0.29, 0.717) is 11.4 Å². The van der Waals surface area contributed by atoms with Crippen LogP contribution in [0.25, 0.3) is 0 Å². The Hall–Kier alpha value is -1.51. The number of allylic oxidation sites excluding steroid dienone is 2. The van der Waals surface area contributed by atoms with Gasteiger partial charge in [0.1, 0.15) is 6.29 Å². The minimum absolute atomic E-state index is 0.232. The Morgan fingerprint density at radius 2 is 2.09 bits per heavy atom. The van der Waals surface area contributed by atoms with Crippen LogP contribution in [-0.2, 0) is 4.79 Å². The smallest absolute Gasteiger partial charge is 0.139 e. The van der Waals surface area contributed by atoms with E-state index in [1.807, 2.05) is 0 Å². The van der Waals surface area contributed by atoms with Gasteiger partial charge in [-0.05, 0) is 12.2 Å². The van der Waals surface area contributed by atoms with Crippen molar-refractivity contribution in [3.8, 4) is 0 Å². The largest absolute Gasteiger partial charge is 0.397 e. The molecule has 3 N–H and O–H groups in total. The molecule has 0 unspecified atom stereocenters. The second-order valence-corrected chi connectivity index (χ2v) is 1.82. The summed E-state index contributed by atoms with van der Waals surface area (Å²) < 4.78 is 0. The number of carbonyl (C=O) groups excluding carboxylic acids is 1. The van der Waals surface area contributed by atoms with Crippen LogP contribution in [0.5, 0.6) is 0 Å². The summed E-state index contributed by atoms with van der Waals surface area (Å²) in [4.78, 5) is 9.95. The van der Waals surface area contributed by atoms with E-state index in [4.69, 9.17) is 5.73 Å². The molecule has 0 aliphatic rings. The number of carbonyl (C=O) groups is 1. The molecular weight excluding hydrogens is 140 g/mol. The van der Waals surface area contributed by atoms with Crippen LogP contribution < -0.4 is 11.1 Å². The Bertz CT molecular complexity index is 194. The van der Waals surface area contributed by atoms with Crippen LogP contribution in [0.15, 0.2) is 36.7 Å². The van der Waals surface area contributed by atoms with Crippen LogP contribution in [0.1, 0.15) is 0 Å². The van der Waals surface area contributed by atoms with Crippen molar-refractivity contribution in [1.82, 2.24) is 5.32 Å². The fraction of sp³-hybridized carbons (Fsp3) is 0.125. The number of hydrogen-bond donors (Lipinski definition) is 2. The summed E-state index contributed by atoms with van der Waals surface area (Å²) in [5, 5.41) is 2.77. The molecule has 0 amide bonds. The van der Waals surface area contributed by atoms with Gasteiger partial charge in [-0.1, -0.05) is 13.2 Å². The first-order valence-electron chi connectivity index (χ1n) is 3.18. The molecule has 11 heavy (non-hydrogen) atoms. The van der Waals surface area contributed by atoms with Crippen LogP contribution in [-0.4, -0.2) is 12.8 Å². The van der Waals surface area contributed by atoms with Gasteiger partial charge in [0.05, 0.1) is 17.9 Å². The third-order valence-electron chi connectivity index (χ3n) is 1.11. The molecule has 0 radical (unpaired) electrons. The minimum Gasteiger partial charge on any atom is -0.397 e. The van der Waals surface area contributed by atoms with Gasteiger partial charge >= 0.3 is 0 Å². The lowest BCUT2D eigenvalue weighted by molar-refractivity contribution is -0.107. The number of rotatable bonds is 5. The second kappa shape index (κ2) is 5.29. The van der Waals surface area contributed by atoms with E-state index < -0.39 is 0 Å². The van der Waals surface area contributed by atoms with E-state index in [1.54, 1.807) is 6.08 Å². The van der Waals surface area contributed by atoms with Crippen molar-refractivity contribution < 1.29 is 4.79 Å². The molecule has 0 aliphatic heterocycles. The van der Waals surface area contributed by atoms with Crippen LogP contribution >= 0.6 is 0 Å². The van der Waals surface area contributed by atoms with Crippen LogP contribution in [0.3, 0.4) is 0 Å². The Labute approximate surface area is 66.3 Å². The van der Waals surface area contributed by atoms with Gasteiger partial charge in [-0.2, -0.15) is 0 Å². The molecule has 60 valence electrons. The molecule has 0 aromatic rings. The van der Waals surface area contributed by atoms with Gasteiger partial charge in [-0.3, -0.25) is 0 Å². The van der Waals surface area contributed by atoms with E-state index in [2.05, 4.69) is 18.5 Å². The zero-order valence-corrected chi connectivity index (χ0v) is 6.34. The first kappa shape index (κ1) is 9.49. The van der Waals surface area contributed by atoms with Crippen molar-refractivity contribution in [2.45, 2.75) is 0 Å². The molecule has 0 fully saturated rings. The average molecular weight is 152 g/mol. The maximum Gasteiger partial charge on any atom is 0.139 e. The molecule has 0 heterocycles. The number of hydrogen-bond acceptors (Lipinski definition) is 3. The highest BCUT2D eigenvalue weighted by atomic mass is 16.1. The predicted octanol–water partition coefficient (Wildman–Crippen LogP) is 0.317. The zero-order chi connectivity index (χ0) is 8.69. The highest BCUT2D eigenvalue weighted by molar-refractivity contribution is 5.53. The van der Waals surface area contributed by atoms with E-state index in [0.717, 1.165) is 6.29 Å². The Balaban J connectivity index is 4.25. The molecule has 0 aromatic carbocycles. The molecule has 3 heteroatoms. The molecule has 0 spiro atoms. The van der Waals surface area contributed by atoms with Crippen LogP contribution in [0.2, 0.25) is 0 Å². The Morgan fingerprint density at radius 1 is 1.45 bits per heavy atom. The van der Waals surface area contributed by atoms with E-state index in [-0.39, 0.29) is 6.54 Å². The van der Waals surface area contributed by atoms with Crippen molar-refractivity contribution in [3.63, 3.8) is 0 Å². The van der Waals surface area contributed by atoms with Gasteiger partial charge < -0.3 is 15.8 Å². The third kappa shape index (κ3) is 3.25. The normalized spacial score (nSPS) is 11.3. The topological polar surface area (TPSA) is 55.1 Å². The molecule has 0 saturated heterocycles. The van der Waals surface area contributed by atoms with Gasteiger partial charge in [-0.15, -0.1) is 0 Å². The molecule has 0 aromatic heterocycles. The van der Waals surface area contributed by atoms with Crippen molar-refractivity contribution in [2.75, 3.05) is 6.54 Å². The Kier molecular flexibility index (Phi) is 4.56. The van der Waals surface area contributed by atoms with E-state index >= 15 is 0 Å². The van der Waals surface area contributed by atoms with Gasteiger partial charge in [-0.25, -0.2) is 0 Å². The van der Waals surface area contributed by atoms with Gasteiger partial charge in [0.25, 0.3) is 0 Å². The maximum atomic E-state index is 9.95. The van der Waals surface area contributed by atoms with E-state index in [9.17, 15) is 4.79 Å². The summed E-state index contributed by atoms with van der Waals surface area (Å²) in [6.07, 6.45) is 3.79. The lowest BCUT2D eigenvalue weighted by Gasteiger charge is -2.04. The maximum absolute atomic E-state index is 9.95. The van der Waals surface area contributed by atoms with E-state index in [1.165, 1.54) is 6.08 Å². The average Bonchev–Trinajstić information content (AvgIpc) is 2.05. The lowest BCUT2D eigenvalue weighted by atomic mass is 10.3. The molecule has 0 rings (SSSR count). The van der Waals surface area contributed by atoms with Gasteiger partial charge in [0, 0.05) is 0 Å². The quantitative estimate of drug-likeness (QED) is 0.440. The number of nitrogens with two attached hydrogens (primary N) is 1. The molecule has 0 aliphatic carbocycles. The second-order valence-electron chi connectivity index (χ2n) is 1.82. The molecule has 0 saturated carbocycles. The summed E-state index contributed by atoms with van der Waals surface area (Å²) in [7, 11) is 0. The molecular formula is C8H12N2O. The van der Waals surface area contributed by atoms with Gasteiger partial charge in [0.15, 0.2) is 0 Å². The summed E-state index contributed by atoms with van der Waals surface area (Å²) in [6, 6.07) is 0. The molecule has 0 atom stereocenters. The Morgan fingerprint density at radius 3 is 2.45 bits per heavy atom. The van der Waals surface area contributed by atoms with Gasteiger partial charge in [0.2, 0.25) is 0 Å². The standard InChI is InChI=1S/C8H12N2O/c1-3-7(9)8(4-2)10-5-6-11/h3-4,6,10H,1-2,5,9H2/b8-7-.